The highest BCUT2D eigenvalue weighted by Crippen LogP contribution is 2.35. The Morgan fingerprint density at radius 3 is 2.42 bits per heavy atom. The molecule has 9 heteroatoms. The zero-order chi connectivity index (χ0) is 23.6. The van der Waals surface area contributed by atoms with Crippen LogP contribution in [0.25, 0.3) is 0 Å². The Labute approximate surface area is 199 Å². The number of hydrogen-bond acceptors (Lipinski definition) is 5. The lowest BCUT2D eigenvalue weighted by atomic mass is 10.1. The number of hydrogen-bond donors (Lipinski definition) is 1. The minimum absolute atomic E-state index is 0.224. The SMILES string of the molecule is CSc1ccc(CCNC(=O)[C@H]2Cc3cc(S(=O)(=O)N4CCCC4)ccc3N2C(C)=O)cc1. The van der Waals surface area contributed by atoms with Crippen LogP contribution in [0.3, 0.4) is 0 Å². The van der Waals surface area contributed by atoms with Crippen LogP contribution in [-0.4, -0.2) is 56.5 Å². The Morgan fingerprint density at radius 1 is 1.09 bits per heavy atom. The average molecular weight is 488 g/mol. The highest BCUT2D eigenvalue weighted by atomic mass is 32.2. The first-order chi connectivity index (χ1) is 15.8. The highest BCUT2D eigenvalue weighted by Gasteiger charge is 2.38. The molecule has 33 heavy (non-hydrogen) atoms. The molecule has 0 unspecified atom stereocenters. The van der Waals surface area contributed by atoms with Gasteiger partial charge >= 0.3 is 0 Å². The molecule has 2 aromatic carbocycles. The summed E-state index contributed by atoms with van der Waals surface area (Å²) >= 11 is 1.68. The van der Waals surface area contributed by atoms with Gasteiger partial charge in [-0.05, 0) is 67.0 Å². The first-order valence-electron chi connectivity index (χ1n) is 11.1. The molecule has 1 N–H and O–H groups in total. The molecule has 0 spiro atoms. The van der Waals surface area contributed by atoms with Gasteiger partial charge in [0.15, 0.2) is 0 Å². The van der Waals surface area contributed by atoms with Crippen molar-refractivity contribution in [2.75, 3.05) is 30.8 Å². The number of nitrogens with one attached hydrogen (secondary N) is 1. The molecule has 0 saturated carbocycles. The van der Waals surface area contributed by atoms with Crippen molar-refractivity contribution in [3.8, 4) is 0 Å². The van der Waals surface area contributed by atoms with Crippen molar-refractivity contribution in [3.05, 3.63) is 53.6 Å². The summed E-state index contributed by atoms with van der Waals surface area (Å²) < 4.78 is 27.4. The normalized spacial score (nSPS) is 18.4. The number of nitrogens with zero attached hydrogens (tertiary/aromatic N) is 2. The van der Waals surface area contributed by atoms with Gasteiger partial charge in [0.1, 0.15) is 6.04 Å². The van der Waals surface area contributed by atoms with Crippen LogP contribution < -0.4 is 10.2 Å². The number of carbonyl (C=O) groups is 2. The maximum absolute atomic E-state index is 13.0. The van der Waals surface area contributed by atoms with E-state index >= 15 is 0 Å². The molecule has 0 radical (unpaired) electrons. The molecule has 1 atom stereocenters. The number of benzene rings is 2. The topological polar surface area (TPSA) is 86.8 Å². The minimum atomic E-state index is -3.56. The lowest BCUT2D eigenvalue weighted by Crippen LogP contribution is -2.47. The number of carbonyl (C=O) groups excluding carboxylic acids is 2. The predicted octanol–water partition coefficient (Wildman–Crippen LogP) is 2.83. The van der Waals surface area contributed by atoms with Crippen LogP contribution in [0.2, 0.25) is 0 Å². The van der Waals surface area contributed by atoms with Crippen LogP contribution in [0, 0.1) is 0 Å². The minimum Gasteiger partial charge on any atom is -0.354 e. The van der Waals surface area contributed by atoms with Crippen LogP contribution in [0.5, 0.6) is 0 Å². The number of rotatable bonds is 7. The second kappa shape index (κ2) is 9.87. The standard InChI is InChI=1S/C24H29N3O4S2/c1-17(28)27-22-10-9-21(33(30,31)26-13-3-4-14-26)15-19(22)16-23(27)24(29)25-12-11-18-5-7-20(32-2)8-6-18/h5-10,15,23H,3-4,11-14,16H2,1-2H3,(H,25,29)/t23-/m1/s1. The lowest BCUT2D eigenvalue weighted by molar-refractivity contribution is -0.125. The Balaban J connectivity index is 1.46. The third-order valence-electron chi connectivity index (χ3n) is 6.25. The van der Waals surface area contributed by atoms with Gasteiger partial charge in [0.2, 0.25) is 21.8 Å². The summed E-state index contributed by atoms with van der Waals surface area (Å²) in [5.74, 6) is -0.470. The monoisotopic (exact) mass is 487 g/mol. The summed E-state index contributed by atoms with van der Waals surface area (Å²) in [5.41, 5.74) is 2.44. The molecule has 1 saturated heterocycles. The predicted molar refractivity (Wildman–Crippen MR) is 130 cm³/mol. The van der Waals surface area contributed by atoms with Gasteiger partial charge in [-0.2, -0.15) is 4.31 Å². The Hall–Kier alpha value is -2.36. The molecule has 0 bridgehead atoms. The summed E-state index contributed by atoms with van der Waals surface area (Å²) in [7, 11) is -3.56. The Kier molecular flexibility index (Phi) is 7.11. The average Bonchev–Trinajstić information content (AvgIpc) is 3.47. The fourth-order valence-electron chi connectivity index (χ4n) is 4.50. The molecular formula is C24H29N3O4S2. The maximum Gasteiger partial charge on any atom is 0.243 e. The quantitative estimate of drug-likeness (QED) is 0.607. The van der Waals surface area contributed by atoms with Crippen molar-refractivity contribution in [1.29, 1.82) is 0 Å². The van der Waals surface area contributed by atoms with Gasteiger partial charge in [0, 0.05) is 43.6 Å². The molecule has 2 heterocycles. The number of sulfonamides is 1. The van der Waals surface area contributed by atoms with Crippen molar-refractivity contribution >= 4 is 39.3 Å². The molecule has 2 aliphatic heterocycles. The molecular weight excluding hydrogens is 458 g/mol. The molecule has 4 rings (SSSR count). The zero-order valence-electron chi connectivity index (χ0n) is 18.9. The van der Waals surface area contributed by atoms with E-state index < -0.39 is 16.1 Å². The summed E-state index contributed by atoms with van der Waals surface area (Å²) in [6, 6.07) is 12.4. The fourth-order valence-corrected chi connectivity index (χ4v) is 6.48. The smallest absolute Gasteiger partial charge is 0.243 e. The third-order valence-corrected chi connectivity index (χ3v) is 8.89. The summed E-state index contributed by atoms with van der Waals surface area (Å²) in [6.45, 7) is 2.95. The third kappa shape index (κ3) is 4.95. The molecule has 0 aliphatic carbocycles. The molecule has 176 valence electrons. The first kappa shape index (κ1) is 23.8. The van der Waals surface area contributed by atoms with Crippen LogP contribution >= 0.6 is 11.8 Å². The summed E-state index contributed by atoms with van der Waals surface area (Å²) in [5, 5.41) is 2.95. The molecule has 0 aromatic heterocycles. The number of fused-ring (bicyclic) bond motifs is 1. The van der Waals surface area contributed by atoms with Crippen molar-refractivity contribution in [2.45, 2.75) is 48.4 Å². The molecule has 2 amide bonds. The van der Waals surface area contributed by atoms with E-state index in [9.17, 15) is 18.0 Å². The van der Waals surface area contributed by atoms with Gasteiger partial charge in [-0.15, -0.1) is 11.8 Å². The van der Waals surface area contributed by atoms with Gasteiger partial charge in [0.25, 0.3) is 0 Å². The van der Waals surface area contributed by atoms with Gasteiger partial charge in [-0.1, -0.05) is 12.1 Å². The second-order valence-electron chi connectivity index (χ2n) is 8.40. The second-order valence-corrected chi connectivity index (χ2v) is 11.2. The van der Waals surface area contributed by atoms with Crippen molar-refractivity contribution < 1.29 is 18.0 Å². The number of amides is 2. The van der Waals surface area contributed by atoms with E-state index in [0.717, 1.165) is 18.4 Å². The van der Waals surface area contributed by atoms with Gasteiger partial charge in [-0.3, -0.25) is 14.5 Å². The van der Waals surface area contributed by atoms with Gasteiger partial charge in [0.05, 0.1) is 4.90 Å². The summed E-state index contributed by atoms with van der Waals surface area (Å²) in [4.78, 5) is 28.3. The first-order valence-corrected chi connectivity index (χ1v) is 13.8. The fraction of sp³-hybridized carbons (Fsp3) is 0.417. The van der Waals surface area contributed by atoms with Crippen LogP contribution in [0.15, 0.2) is 52.3 Å². The van der Waals surface area contributed by atoms with Crippen LogP contribution in [0.1, 0.15) is 30.9 Å². The van der Waals surface area contributed by atoms with Crippen LogP contribution in [-0.2, 0) is 32.5 Å². The lowest BCUT2D eigenvalue weighted by Gasteiger charge is -2.23. The highest BCUT2D eigenvalue weighted by molar-refractivity contribution is 7.98. The molecule has 2 aromatic rings. The molecule has 2 aliphatic rings. The Bertz CT molecular complexity index is 1140. The van der Waals surface area contributed by atoms with E-state index in [-0.39, 0.29) is 16.7 Å². The van der Waals surface area contributed by atoms with E-state index in [1.54, 1.807) is 30.0 Å². The van der Waals surface area contributed by atoms with E-state index in [0.29, 0.717) is 43.7 Å². The van der Waals surface area contributed by atoms with Crippen molar-refractivity contribution in [1.82, 2.24) is 9.62 Å². The van der Waals surface area contributed by atoms with E-state index in [2.05, 4.69) is 17.4 Å². The van der Waals surface area contributed by atoms with Gasteiger partial charge < -0.3 is 5.32 Å². The van der Waals surface area contributed by atoms with Crippen molar-refractivity contribution in [3.63, 3.8) is 0 Å². The summed E-state index contributed by atoms with van der Waals surface area (Å²) in [6.07, 6.45) is 4.75. The largest absolute Gasteiger partial charge is 0.354 e. The van der Waals surface area contributed by atoms with E-state index in [4.69, 9.17) is 0 Å². The molecule has 7 nitrogen and oxygen atoms in total. The van der Waals surface area contributed by atoms with Crippen LogP contribution in [0.4, 0.5) is 5.69 Å². The molecule has 1 fully saturated rings. The number of anilines is 1. The zero-order valence-corrected chi connectivity index (χ0v) is 20.5. The maximum atomic E-state index is 13.0. The Morgan fingerprint density at radius 2 is 1.79 bits per heavy atom. The van der Waals surface area contributed by atoms with E-state index in [1.165, 1.54) is 21.0 Å². The number of thioether (sulfide) groups is 1. The van der Waals surface area contributed by atoms with Gasteiger partial charge in [-0.25, -0.2) is 8.42 Å². The van der Waals surface area contributed by atoms with Crippen molar-refractivity contribution in [2.24, 2.45) is 0 Å². The van der Waals surface area contributed by atoms with E-state index in [1.807, 2.05) is 18.4 Å².